The maximum atomic E-state index is 5.82. The molecule has 0 spiro atoms. The number of nitrogens with one attached hydrogen (secondary N) is 1. The molecule has 2 heteroatoms. The van der Waals surface area contributed by atoms with Crippen LogP contribution in [0.3, 0.4) is 0 Å². The van der Waals surface area contributed by atoms with Crippen molar-refractivity contribution >= 4 is 0 Å². The van der Waals surface area contributed by atoms with Gasteiger partial charge in [-0.2, -0.15) is 0 Å². The van der Waals surface area contributed by atoms with E-state index in [0.29, 0.717) is 12.6 Å². The average molecular weight is 269 g/mol. The molecule has 0 heterocycles. The van der Waals surface area contributed by atoms with E-state index < -0.39 is 0 Å². The van der Waals surface area contributed by atoms with E-state index in [-0.39, 0.29) is 0 Å². The summed E-state index contributed by atoms with van der Waals surface area (Å²) in [4.78, 5) is 0. The summed E-state index contributed by atoms with van der Waals surface area (Å²) in [6, 6.07) is 17.1. The summed E-state index contributed by atoms with van der Waals surface area (Å²) < 4.78 is 5.82. The molecule has 20 heavy (non-hydrogen) atoms. The molecule has 0 saturated heterocycles. The van der Waals surface area contributed by atoms with Gasteiger partial charge in [0.2, 0.25) is 0 Å². The van der Waals surface area contributed by atoms with E-state index in [1.165, 1.54) is 16.7 Å². The van der Waals surface area contributed by atoms with Gasteiger partial charge in [-0.1, -0.05) is 48.0 Å². The highest BCUT2D eigenvalue weighted by Crippen LogP contribution is 2.18. The van der Waals surface area contributed by atoms with Crippen LogP contribution in [-0.2, 0) is 0 Å². The zero-order valence-corrected chi connectivity index (χ0v) is 12.5. The van der Waals surface area contributed by atoms with Gasteiger partial charge < -0.3 is 10.1 Å². The third-order valence-electron chi connectivity index (χ3n) is 3.44. The monoisotopic (exact) mass is 269 g/mol. The van der Waals surface area contributed by atoms with Crippen LogP contribution in [0.2, 0.25) is 0 Å². The predicted octanol–water partition coefficient (Wildman–Crippen LogP) is 4.03. The van der Waals surface area contributed by atoms with Crippen molar-refractivity contribution in [2.24, 2.45) is 0 Å². The lowest BCUT2D eigenvalue weighted by Crippen LogP contribution is -2.24. The molecule has 0 aliphatic heterocycles. The fourth-order valence-corrected chi connectivity index (χ4v) is 2.26. The molecule has 0 bridgehead atoms. The number of hydrogen-bond acceptors (Lipinski definition) is 2. The molecule has 0 aromatic heterocycles. The van der Waals surface area contributed by atoms with E-state index in [1.54, 1.807) is 0 Å². The number of ether oxygens (including phenoxy) is 1. The van der Waals surface area contributed by atoms with Crippen molar-refractivity contribution in [2.75, 3.05) is 13.2 Å². The van der Waals surface area contributed by atoms with Crippen LogP contribution in [0.15, 0.2) is 48.5 Å². The third-order valence-corrected chi connectivity index (χ3v) is 3.44. The van der Waals surface area contributed by atoms with Crippen molar-refractivity contribution in [2.45, 2.75) is 26.8 Å². The first kappa shape index (κ1) is 14.6. The van der Waals surface area contributed by atoms with E-state index in [9.17, 15) is 0 Å². The summed E-state index contributed by atoms with van der Waals surface area (Å²) in [6.45, 7) is 7.87. The Bertz CT molecular complexity index is 536. The molecule has 0 fully saturated rings. The standard InChI is InChI=1S/C18H23NO/c1-14-9-10-18(15(2)13-14)20-12-11-19-16(3)17-7-5-4-6-8-17/h4-10,13,16,19H,11-12H2,1-3H3/t16-/m0/s1. The number of rotatable bonds is 6. The molecule has 2 rings (SSSR count). The molecule has 2 nitrogen and oxygen atoms in total. The van der Waals surface area contributed by atoms with E-state index >= 15 is 0 Å². The fraction of sp³-hybridized carbons (Fsp3) is 0.333. The molecule has 0 amide bonds. The smallest absolute Gasteiger partial charge is 0.122 e. The lowest BCUT2D eigenvalue weighted by molar-refractivity contribution is 0.305. The summed E-state index contributed by atoms with van der Waals surface area (Å²) in [5.41, 5.74) is 3.77. The van der Waals surface area contributed by atoms with Crippen LogP contribution in [0, 0.1) is 13.8 Å². The highest BCUT2D eigenvalue weighted by molar-refractivity contribution is 5.35. The third kappa shape index (κ3) is 4.10. The molecule has 2 aromatic carbocycles. The topological polar surface area (TPSA) is 21.3 Å². The van der Waals surface area contributed by atoms with Gasteiger partial charge in [0.1, 0.15) is 12.4 Å². The van der Waals surface area contributed by atoms with Gasteiger partial charge in [-0.25, -0.2) is 0 Å². The summed E-state index contributed by atoms with van der Waals surface area (Å²) in [5, 5.41) is 3.47. The molecule has 0 aliphatic carbocycles. The Kier molecular flexibility index (Phi) is 5.19. The van der Waals surface area contributed by atoms with Crippen LogP contribution in [0.4, 0.5) is 0 Å². The molecule has 2 aromatic rings. The van der Waals surface area contributed by atoms with Gasteiger partial charge in [0.25, 0.3) is 0 Å². The van der Waals surface area contributed by atoms with E-state index in [2.05, 4.69) is 62.5 Å². The van der Waals surface area contributed by atoms with Gasteiger partial charge in [-0.15, -0.1) is 0 Å². The average Bonchev–Trinajstić information content (AvgIpc) is 2.46. The van der Waals surface area contributed by atoms with Crippen LogP contribution in [-0.4, -0.2) is 13.2 Å². The highest BCUT2D eigenvalue weighted by atomic mass is 16.5. The quantitative estimate of drug-likeness (QED) is 0.799. The zero-order chi connectivity index (χ0) is 14.4. The van der Waals surface area contributed by atoms with Crippen molar-refractivity contribution in [1.82, 2.24) is 5.32 Å². The Hall–Kier alpha value is -1.80. The SMILES string of the molecule is Cc1ccc(OCCN[C@@H](C)c2ccccc2)c(C)c1. The predicted molar refractivity (Wildman–Crippen MR) is 84.3 cm³/mol. The maximum Gasteiger partial charge on any atom is 0.122 e. The minimum Gasteiger partial charge on any atom is -0.492 e. The number of hydrogen-bond donors (Lipinski definition) is 1. The summed E-state index contributed by atoms with van der Waals surface area (Å²) >= 11 is 0. The minimum absolute atomic E-state index is 0.346. The lowest BCUT2D eigenvalue weighted by atomic mass is 10.1. The molecule has 0 saturated carbocycles. The largest absolute Gasteiger partial charge is 0.492 e. The Morgan fingerprint density at radius 1 is 1.05 bits per heavy atom. The summed E-state index contributed by atoms with van der Waals surface area (Å²) in [5.74, 6) is 0.977. The first-order valence-corrected chi connectivity index (χ1v) is 7.15. The zero-order valence-electron chi connectivity index (χ0n) is 12.5. The Labute approximate surface area is 121 Å². The maximum absolute atomic E-state index is 5.82. The van der Waals surface area contributed by atoms with Crippen LogP contribution in [0.1, 0.15) is 29.7 Å². The molecular formula is C18H23NO. The van der Waals surface area contributed by atoms with E-state index in [0.717, 1.165) is 12.3 Å². The van der Waals surface area contributed by atoms with Gasteiger partial charge in [-0.05, 0) is 38.0 Å². The lowest BCUT2D eigenvalue weighted by Gasteiger charge is -2.15. The van der Waals surface area contributed by atoms with E-state index in [4.69, 9.17) is 4.74 Å². The van der Waals surface area contributed by atoms with Crippen LogP contribution >= 0.6 is 0 Å². The summed E-state index contributed by atoms with van der Waals surface area (Å²) in [6.07, 6.45) is 0. The molecule has 0 radical (unpaired) electrons. The summed E-state index contributed by atoms with van der Waals surface area (Å²) in [7, 11) is 0. The van der Waals surface area contributed by atoms with Gasteiger partial charge >= 0.3 is 0 Å². The van der Waals surface area contributed by atoms with Crippen molar-refractivity contribution in [3.63, 3.8) is 0 Å². The van der Waals surface area contributed by atoms with Crippen LogP contribution < -0.4 is 10.1 Å². The second-order valence-corrected chi connectivity index (χ2v) is 5.20. The number of benzene rings is 2. The van der Waals surface area contributed by atoms with E-state index in [1.807, 2.05) is 12.1 Å². The second-order valence-electron chi connectivity index (χ2n) is 5.20. The van der Waals surface area contributed by atoms with Crippen molar-refractivity contribution in [1.29, 1.82) is 0 Å². The first-order valence-electron chi connectivity index (χ1n) is 7.15. The molecule has 0 aliphatic rings. The van der Waals surface area contributed by atoms with Gasteiger partial charge in [0.05, 0.1) is 0 Å². The first-order chi connectivity index (χ1) is 9.66. The van der Waals surface area contributed by atoms with Crippen molar-refractivity contribution in [3.8, 4) is 5.75 Å². The van der Waals surface area contributed by atoms with Crippen molar-refractivity contribution < 1.29 is 4.74 Å². The fourth-order valence-electron chi connectivity index (χ4n) is 2.26. The van der Waals surface area contributed by atoms with Gasteiger partial charge in [-0.3, -0.25) is 0 Å². The molecule has 0 unspecified atom stereocenters. The minimum atomic E-state index is 0.346. The number of aryl methyl sites for hydroxylation is 2. The Morgan fingerprint density at radius 2 is 1.80 bits per heavy atom. The van der Waals surface area contributed by atoms with Gasteiger partial charge in [0.15, 0.2) is 0 Å². The second kappa shape index (κ2) is 7.11. The normalized spacial score (nSPS) is 12.2. The Morgan fingerprint density at radius 3 is 2.50 bits per heavy atom. The molecule has 1 N–H and O–H groups in total. The van der Waals surface area contributed by atoms with Crippen LogP contribution in [0.25, 0.3) is 0 Å². The highest BCUT2D eigenvalue weighted by Gasteiger charge is 2.04. The molecular weight excluding hydrogens is 246 g/mol. The molecule has 106 valence electrons. The van der Waals surface area contributed by atoms with Crippen molar-refractivity contribution in [3.05, 3.63) is 65.2 Å². The van der Waals surface area contributed by atoms with Gasteiger partial charge in [0, 0.05) is 12.6 Å². The Balaban J connectivity index is 1.76. The molecule has 1 atom stereocenters. The van der Waals surface area contributed by atoms with Crippen LogP contribution in [0.5, 0.6) is 5.75 Å².